The molecule has 1 fully saturated rings. The van der Waals surface area contributed by atoms with Gasteiger partial charge in [0.2, 0.25) is 0 Å². The van der Waals surface area contributed by atoms with E-state index in [-0.39, 0.29) is 0 Å². The molecule has 2 unspecified atom stereocenters. The zero-order valence-corrected chi connectivity index (χ0v) is 13.5. The van der Waals surface area contributed by atoms with Crippen molar-refractivity contribution in [1.82, 2.24) is 0 Å². The predicted molar refractivity (Wildman–Crippen MR) is 84.9 cm³/mol. The van der Waals surface area contributed by atoms with Gasteiger partial charge in [-0.25, -0.2) is 0 Å². The summed E-state index contributed by atoms with van der Waals surface area (Å²) in [4.78, 5) is 0. The smallest absolute Gasteiger partial charge is 0.125 e. The third-order valence-corrected chi connectivity index (χ3v) is 4.77. The summed E-state index contributed by atoms with van der Waals surface area (Å²) in [6, 6.07) is 5.70. The number of benzene rings is 1. The molecule has 118 valence electrons. The van der Waals surface area contributed by atoms with Gasteiger partial charge in [-0.05, 0) is 49.8 Å². The largest absolute Gasteiger partial charge is 0.497 e. The van der Waals surface area contributed by atoms with E-state index in [0.717, 1.165) is 48.7 Å². The monoisotopic (exact) mass is 292 g/mol. The highest BCUT2D eigenvalue weighted by Crippen LogP contribution is 2.43. The molecular formula is C18H28O3. The minimum Gasteiger partial charge on any atom is -0.497 e. The SMILES string of the molecule is CCCC1CCCC(O)(c2cc(OC)ccc2OC)CC1. The Morgan fingerprint density at radius 1 is 1.19 bits per heavy atom. The van der Waals surface area contributed by atoms with Crippen molar-refractivity contribution in [3.8, 4) is 11.5 Å². The van der Waals surface area contributed by atoms with Crippen molar-refractivity contribution in [3.05, 3.63) is 23.8 Å². The predicted octanol–water partition coefficient (Wildman–Crippen LogP) is 4.27. The molecule has 1 N–H and O–H groups in total. The van der Waals surface area contributed by atoms with Crippen LogP contribution in [-0.2, 0) is 5.60 Å². The lowest BCUT2D eigenvalue weighted by Crippen LogP contribution is -2.25. The Kier molecular flexibility index (Phi) is 5.51. The Bertz CT molecular complexity index is 458. The van der Waals surface area contributed by atoms with Crippen LogP contribution in [0.3, 0.4) is 0 Å². The number of ether oxygens (including phenoxy) is 2. The first-order valence-corrected chi connectivity index (χ1v) is 8.08. The molecule has 2 rings (SSSR count). The van der Waals surface area contributed by atoms with E-state index in [1.54, 1.807) is 14.2 Å². The van der Waals surface area contributed by atoms with Gasteiger partial charge in [-0.2, -0.15) is 0 Å². The number of rotatable bonds is 5. The van der Waals surface area contributed by atoms with Gasteiger partial charge in [0.25, 0.3) is 0 Å². The van der Waals surface area contributed by atoms with Crippen molar-refractivity contribution >= 4 is 0 Å². The number of hydrogen-bond donors (Lipinski definition) is 1. The maximum atomic E-state index is 11.2. The molecule has 21 heavy (non-hydrogen) atoms. The zero-order chi connectivity index (χ0) is 15.3. The Hall–Kier alpha value is -1.22. The summed E-state index contributed by atoms with van der Waals surface area (Å²) in [5, 5.41) is 11.2. The third kappa shape index (κ3) is 3.70. The van der Waals surface area contributed by atoms with Gasteiger partial charge in [0, 0.05) is 5.56 Å². The van der Waals surface area contributed by atoms with Crippen LogP contribution in [0.15, 0.2) is 18.2 Å². The van der Waals surface area contributed by atoms with Gasteiger partial charge < -0.3 is 14.6 Å². The number of aliphatic hydroxyl groups is 1. The van der Waals surface area contributed by atoms with Crippen LogP contribution in [0.5, 0.6) is 11.5 Å². The van der Waals surface area contributed by atoms with Crippen LogP contribution < -0.4 is 9.47 Å². The van der Waals surface area contributed by atoms with Crippen LogP contribution in [0.2, 0.25) is 0 Å². The summed E-state index contributed by atoms with van der Waals surface area (Å²) in [6.07, 6.45) is 7.49. The number of methoxy groups -OCH3 is 2. The molecular weight excluding hydrogens is 264 g/mol. The molecule has 3 heteroatoms. The Labute approximate surface area is 128 Å². The lowest BCUT2D eigenvalue weighted by Gasteiger charge is -2.29. The van der Waals surface area contributed by atoms with E-state index in [4.69, 9.17) is 9.47 Å². The molecule has 1 aliphatic rings. The second-order valence-electron chi connectivity index (χ2n) is 6.18. The molecule has 0 spiro atoms. The van der Waals surface area contributed by atoms with E-state index in [2.05, 4.69) is 6.92 Å². The topological polar surface area (TPSA) is 38.7 Å². The Morgan fingerprint density at radius 3 is 2.67 bits per heavy atom. The highest BCUT2D eigenvalue weighted by Gasteiger charge is 2.35. The van der Waals surface area contributed by atoms with Crippen LogP contribution in [0.4, 0.5) is 0 Å². The summed E-state index contributed by atoms with van der Waals surface area (Å²) >= 11 is 0. The van der Waals surface area contributed by atoms with Crippen LogP contribution >= 0.6 is 0 Å². The van der Waals surface area contributed by atoms with Crippen molar-refractivity contribution in [2.75, 3.05) is 14.2 Å². The van der Waals surface area contributed by atoms with Gasteiger partial charge in [-0.1, -0.05) is 26.2 Å². The molecule has 1 aromatic carbocycles. The van der Waals surface area contributed by atoms with E-state index in [1.165, 1.54) is 19.3 Å². The van der Waals surface area contributed by atoms with Crippen LogP contribution in [0.1, 0.15) is 57.4 Å². The quantitative estimate of drug-likeness (QED) is 0.824. The average molecular weight is 292 g/mol. The van der Waals surface area contributed by atoms with Gasteiger partial charge in [0.15, 0.2) is 0 Å². The highest BCUT2D eigenvalue weighted by atomic mass is 16.5. The molecule has 0 heterocycles. The van der Waals surface area contributed by atoms with Gasteiger partial charge in [-0.15, -0.1) is 0 Å². The maximum absolute atomic E-state index is 11.2. The molecule has 1 aromatic rings. The first-order valence-electron chi connectivity index (χ1n) is 8.08. The minimum atomic E-state index is -0.789. The van der Waals surface area contributed by atoms with Crippen molar-refractivity contribution in [2.45, 2.75) is 57.5 Å². The molecule has 1 saturated carbocycles. The minimum absolute atomic E-state index is 0.751. The van der Waals surface area contributed by atoms with Gasteiger partial charge in [0.1, 0.15) is 11.5 Å². The standard InChI is InChI=1S/C18H28O3/c1-4-6-14-7-5-11-18(19,12-10-14)16-13-15(20-2)8-9-17(16)21-3/h8-9,13-14,19H,4-7,10-12H2,1-3H3. The van der Waals surface area contributed by atoms with Gasteiger partial charge in [0.05, 0.1) is 19.8 Å². The molecule has 0 radical (unpaired) electrons. The zero-order valence-electron chi connectivity index (χ0n) is 13.5. The molecule has 0 amide bonds. The molecule has 0 aromatic heterocycles. The third-order valence-electron chi connectivity index (χ3n) is 4.77. The lowest BCUT2D eigenvalue weighted by molar-refractivity contribution is 0.0171. The molecule has 0 bridgehead atoms. The van der Waals surface area contributed by atoms with Crippen LogP contribution in [0, 0.1) is 5.92 Å². The fraction of sp³-hybridized carbons (Fsp3) is 0.667. The van der Waals surface area contributed by atoms with Crippen molar-refractivity contribution in [3.63, 3.8) is 0 Å². The average Bonchev–Trinajstić information content (AvgIpc) is 2.70. The summed E-state index contributed by atoms with van der Waals surface area (Å²) in [6.45, 7) is 2.24. The molecule has 0 saturated heterocycles. The Balaban J connectivity index is 2.26. The van der Waals surface area contributed by atoms with Crippen molar-refractivity contribution < 1.29 is 14.6 Å². The van der Waals surface area contributed by atoms with E-state index < -0.39 is 5.60 Å². The van der Waals surface area contributed by atoms with Crippen LogP contribution in [0.25, 0.3) is 0 Å². The van der Waals surface area contributed by atoms with Gasteiger partial charge in [-0.3, -0.25) is 0 Å². The van der Waals surface area contributed by atoms with E-state index in [0.29, 0.717) is 0 Å². The fourth-order valence-corrected chi connectivity index (χ4v) is 3.54. The molecule has 1 aliphatic carbocycles. The summed E-state index contributed by atoms with van der Waals surface area (Å²) in [5.41, 5.74) is 0.0871. The van der Waals surface area contributed by atoms with E-state index >= 15 is 0 Å². The fourth-order valence-electron chi connectivity index (χ4n) is 3.54. The van der Waals surface area contributed by atoms with Crippen molar-refractivity contribution in [1.29, 1.82) is 0 Å². The summed E-state index contributed by atoms with van der Waals surface area (Å²) < 4.78 is 10.8. The Morgan fingerprint density at radius 2 is 2.00 bits per heavy atom. The normalized spacial score (nSPS) is 26.2. The molecule has 2 atom stereocenters. The highest BCUT2D eigenvalue weighted by molar-refractivity contribution is 5.44. The molecule has 0 aliphatic heterocycles. The van der Waals surface area contributed by atoms with E-state index in [1.807, 2.05) is 18.2 Å². The van der Waals surface area contributed by atoms with E-state index in [9.17, 15) is 5.11 Å². The second-order valence-corrected chi connectivity index (χ2v) is 6.18. The second kappa shape index (κ2) is 7.17. The first kappa shape index (κ1) is 16.2. The first-order chi connectivity index (χ1) is 10.1. The van der Waals surface area contributed by atoms with Gasteiger partial charge >= 0.3 is 0 Å². The van der Waals surface area contributed by atoms with Crippen LogP contribution in [-0.4, -0.2) is 19.3 Å². The molecule has 3 nitrogen and oxygen atoms in total. The van der Waals surface area contributed by atoms with Crippen molar-refractivity contribution in [2.24, 2.45) is 5.92 Å². The lowest BCUT2D eigenvalue weighted by atomic mass is 9.85. The maximum Gasteiger partial charge on any atom is 0.125 e. The number of hydrogen-bond acceptors (Lipinski definition) is 3. The summed E-state index contributed by atoms with van der Waals surface area (Å²) in [5.74, 6) is 2.28. The summed E-state index contributed by atoms with van der Waals surface area (Å²) in [7, 11) is 3.31.